The maximum absolute atomic E-state index is 9.04. The minimum Gasteiger partial charge on any atom is -0.388 e. The number of hydrogen-bond acceptors (Lipinski definition) is 3. The van der Waals surface area contributed by atoms with Gasteiger partial charge in [-0.15, -0.1) is 10.2 Å². The molecule has 0 aliphatic rings. The highest BCUT2D eigenvalue weighted by atomic mass is 35.5. The van der Waals surface area contributed by atoms with Crippen molar-refractivity contribution >= 4 is 11.6 Å². The lowest BCUT2D eigenvalue weighted by Gasteiger charge is -2.06. The van der Waals surface area contributed by atoms with E-state index in [9.17, 15) is 0 Å². The van der Waals surface area contributed by atoms with Gasteiger partial charge < -0.3 is 5.11 Å². The molecule has 1 aromatic heterocycles. The van der Waals surface area contributed by atoms with E-state index in [1.54, 1.807) is 10.9 Å². The van der Waals surface area contributed by atoms with Gasteiger partial charge in [-0.1, -0.05) is 17.7 Å². The number of benzene rings is 1. The molecule has 0 amide bonds. The van der Waals surface area contributed by atoms with Gasteiger partial charge in [-0.05, 0) is 24.6 Å². The Morgan fingerprint density at radius 1 is 1.47 bits per heavy atom. The fraction of sp³-hybridized carbons (Fsp3) is 0.200. The normalized spacial score (nSPS) is 10.6. The number of aromatic nitrogens is 3. The molecule has 0 radical (unpaired) electrons. The van der Waals surface area contributed by atoms with Gasteiger partial charge in [-0.3, -0.25) is 4.57 Å². The first kappa shape index (κ1) is 10.1. The van der Waals surface area contributed by atoms with Crippen LogP contribution in [0.3, 0.4) is 0 Å². The van der Waals surface area contributed by atoms with Crippen molar-refractivity contribution in [2.75, 3.05) is 0 Å². The molecule has 0 bridgehead atoms. The predicted octanol–water partition coefficient (Wildman–Crippen LogP) is 1.72. The Morgan fingerprint density at radius 2 is 2.27 bits per heavy atom. The van der Waals surface area contributed by atoms with Gasteiger partial charge in [0.25, 0.3) is 0 Å². The maximum Gasteiger partial charge on any atom is 0.163 e. The summed E-state index contributed by atoms with van der Waals surface area (Å²) in [6, 6.07) is 5.64. The van der Waals surface area contributed by atoms with Crippen molar-refractivity contribution in [3.63, 3.8) is 0 Å². The summed E-state index contributed by atoms with van der Waals surface area (Å²) in [5.41, 5.74) is 1.86. The summed E-state index contributed by atoms with van der Waals surface area (Å²) in [6.07, 6.45) is 1.55. The van der Waals surface area contributed by atoms with Crippen molar-refractivity contribution in [1.29, 1.82) is 0 Å². The SMILES string of the molecule is Cc1ccc(-n2cnnc2CO)cc1Cl. The van der Waals surface area contributed by atoms with E-state index < -0.39 is 0 Å². The Balaban J connectivity index is 2.50. The molecule has 0 unspecified atom stereocenters. The Hall–Kier alpha value is -1.39. The molecule has 0 fully saturated rings. The summed E-state index contributed by atoms with van der Waals surface area (Å²) in [6.45, 7) is 1.79. The van der Waals surface area contributed by atoms with Crippen LogP contribution >= 0.6 is 11.6 Å². The van der Waals surface area contributed by atoms with Crippen molar-refractivity contribution in [3.8, 4) is 5.69 Å². The van der Waals surface area contributed by atoms with Crippen molar-refractivity contribution in [2.45, 2.75) is 13.5 Å². The standard InChI is InChI=1S/C10H10ClN3O/c1-7-2-3-8(4-9(7)11)14-6-12-13-10(14)5-15/h2-4,6,15H,5H2,1H3. The van der Waals surface area contributed by atoms with Crippen LogP contribution in [-0.2, 0) is 6.61 Å². The molecule has 0 aliphatic heterocycles. The van der Waals surface area contributed by atoms with Gasteiger partial charge in [-0.2, -0.15) is 0 Å². The van der Waals surface area contributed by atoms with E-state index in [1.165, 1.54) is 0 Å². The molecule has 2 rings (SSSR count). The number of halogens is 1. The van der Waals surface area contributed by atoms with Crippen molar-refractivity contribution < 1.29 is 5.11 Å². The molecule has 5 heteroatoms. The minimum atomic E-state index is -0.147. The average Bonchev–Trinajstić information content (AvgIpc) is 2.70. The van der Waals surface area contributed by atoms with E-state index in [0.29, 0.717) is 10.8 Å². The van der Waals surface area contributed by atoms with E-state index in [0.717, 1.165) is 11.3 Å². The molecule has 15 heavy (non-hydrogen) atoms. The topological polar surface area (TPSA) is 50.9 Å². The first-order valence-corrected chi connectivity index (χ1v) is 4.86. The van der Waals surface area contributed by atoms with Gasteiger partial charge in [0.05, 0.1) is 0 Å². The zero-order valence-corrected chi connectivity index (χ0v) is 8.94. The lowest BCUT2D eigenvalue weighted by molar-refractivity contribution is 0.269. The fourth-order valence-corrected chi connectivity index (χ4v) is 1.49. The second-order valence-electron chi connectivity index (χ2n) is 3.21. The Bertz CT molecular complexity index is 481. The molecule has 1 aromatic carbocycles. The van der Waals surface area contributed by atoms with Crippen LogP contribution in [0.2, 0.25) is 5.02 Å². The van der Waals surface area contributed by atoms with Gasteiger partial charge in [-0.25, -0.2) is 0 Å². The lowest BCUT2D eigenvalue weighted by Crippen LogP contribution is -2.00. The van der Waals surface area contributed by atoms with Crippen LogP contribution in [0.5, 0.6) is 0 Å². The van der Waals surface area contributed by atoms with Crippen LogP contribution in [0, 0.1) is 6.92 Å². The summed E-state index contributed by atoms with van der Waals surface area (Å²) in [5, 5.41) is 17.2. The quantitative estimate of drug-likeness (QED) is 0.844. The van der Waals surface area contributed by atoms with Crippen LogP contribution in [0.4, 0.5) is 0 Å². The largest absolute Gasteiger partial charge is 0.388 e. The van der Waals surface area contributed by atoms with E-state index in [4.69, 9.17) is 16.7 Å². The molecule has 0 atom stereocenters. The van der Waals surface area contributed by atoms with Crippen LogP contribution < -0.4 is 0 Å². The summed E-state index contributed by atoms with van der Waals surface area (Å²) in [4.78, 5) is 0. The van der Waals surface area contributed by atoms with Crippen LogP contribution in [0.15, 0.2) is 24.5 Å². The van der Waals surface area contributed by atoms with E-state index in [2.05, 4.69) is 10.2 Å². The van der Waals surface area contributed by atoms with Gasteiger partial charge >= 0.3 is 0 Å². The Morgan fingerprint density at radius 3 is 2.93 bits per heavy atom. The number of aliphatic hydroxyl groups excluding tert-OH is 1. The zero-order valence-electron chi connectivity index (χ0n) is 8.18. The summed E-state index contributed by atoms with van der Waals surface area (Å²) < 4.78 is 1.70. The highest BCUT2D eigenvalue weighted by molar-refractivity contribution is 6.31. The molecule has 2 aromatic rings. The molecule has 0 saturated heterocycles. The molecular formula is C10H10ClN3O. The second-order valence-corrected chi connectivity index (χ2v) is 3.62. The van der Waals surface area contributed by atoms with Gasteiger partial charge in [0, 0.05) is 10.7 Å². The Kier molecular flexibility index (Phi) is 2.70. The summed E-state index contributed by atoms with van der Waals surface area (Å²) >= 11 is 6.01. The number of nitrogens with zero attached hydrogens (tertiary/aromatic N) is 3. The second kappa shape index (κ2) is 4.00. The van der Waals surface area contributed by atoms with Crippen molar-refractivity contribution in [1.82, 2.24) is 14.8 Å². The third-order valence-corrected chi connectivity index (χ3v) is 2.60. The zero-order chi connectivity index (χ0) is 10.8. The average molecular weight is 224 g/mol. The third-order valence-electron chi connectivity index (χ3n) is 2.19. The smallest absolute Gasteiger partial charge is 0.163 e. The molecule has 78 valence electrons. The van der Waals surface area contributed by atoms with Crippen molar-refractivity contribution in [3.05, 3.63) is 40.9 Å². The monoisotopic (exact) mass is 223 g/mol. The highest BCUT2D eigenvalue weighted by Crippen LogP contribution is 2.19. The number of rotatable bonds is 2. The number of aliphatic hydroxyl groups is 1. The molecular weight excluding hydrogens is 214 g/mol. The number of hydrogen-bond donors (Lipinski definition) is 1. The number of aryl methyl sites for hydroxylation is 1. The third kappa shape index (κ3) is 1.86. The Labute approximate surface area is 92.1 Å². The summed E-state index contributed by atoms with van der Waals surface area (Å²) in [5.74, 6) is 0.495. The molecule has 0 spiro atoms. The maximum atomic E-state index is 9.04. The predicted molar refractivity (Wildman–Crippen MR) is 57.0 cm³/mol. The molecule has 0 aliphatic carbocycles. The molecule has 0 saturated carbocycles. The van der Waals surface area contributed by atoms with Gasteiger partial charge in [0.2, 0.25) is 0 Å². The van der Waals surface area contributed by atoms with E-state index in [-0.39, 0.29) is 6.61 Å². The fourth-order valence-electron chi connectivity index (χ4n) is 1.31. The summed E-state index contributed by atoms with van der Waals surface area (Å²) in [7, 11) is 0. The minimum absolute atomic E-state index is 0.147. The molecule has 4 nitrogen and oxygen atoms in total. The first-order chi connectivity index (χ1) is 7.22. The first-order valence-electron chi connectivity index (χ1n) is 4.48. The van der Waals surface area contributed by atoms with Crippen molar-refractivity contribution in [2.24, 2.45) is 0 Å². The van der Waals surface area contributed by atoms with Crippen LogP contribution in [0.25, 0.3) is 5.69 Å². The molecule has 1 heterocycles. The van der Waals surface area contributed by atoms with E-state index >= 15 is 0 Å². The van der Waals surface area contributed by atoms with Gasteiger partial charge in [0.15, 0.2) is 5.82 Å². The van der Waals surface area contributed by atoms with E-state index in [1.807, 2.05) is 25.1 Å². The highest BCUT2D eigenvalue weighted by Gasteiger charge is 2.05. The van der Waals surface area contributed by atoms with Gasteiger partial charge in [0.1, 0.15) is 12.9 Å². The van der Waals surface area contributed by atoms with Crippen LogP contribution in [0.1, 0.15) is 11.4 Å². The van der Waals surface area contributed by atoms with Crippen LogP contribution in [-0.4, -0.2) is 19.9 Å². The molecule has 1 N–H and O–H groups in total. The lowest BCUT2D eigenvalue weighted by atomic mass is 10.2.